The van der Waals surface area contributed by atoms with Crippen molar-refractivity contribution in [3.8, 4) is 11.6 Å². The Morgan fingerprint density at radius 3 is 2.65 bits per heavy atom. The van der Waals surface area contributed by atoms with E-state index < -0.39 is 0 Å². The maximum absolute atomic E-state index is 6.51. The number of nitrogens with zero attached hydrogens (tertiary/aromatic N) is 2. The molecule has 0 amide bonds. The molecule has 1 aromatic heterocycles. The molecule has 0 aliphatic carbocycles. The summed E-state index contributed by atoms with van der Waals surface area (Å²) in [5.41, 5.74) is 2.94. The molecular formula is C15H17ClN2O2. The molecule has 2 rings (SSSR count). The van der Waals surface area contributed by atoms with E-state index in [1.165, 1.54) is 6.33 Å². The Morgan fingerprint density at radius 2 is 1.95 bits per heavy atom. The molecule has 1 atom stereocenters. The Balaban J connectivity index is 2.23. The fraction of sp³-hybridized carbons (Fsp3) is 0.333. The highest BCUT2D eigenvalue weighted by atomic mass is 35.5. The van der Waals surface area contributed by atoms with Gasteiger partial charge in [-0.2, -0.15) is 0 Å². The molecule has 0 aliphatic heterocycles. The zero-order valence-corrected chi connectivity index (χ0v) is 12.5. The summed E-state index contributed by atoms with van der Waals surface area (Å²) in [5.74, 6) is 1.33. The minimum atomic E-state index is -0.218. The van der Waals surface area contributed by atoms with Crippen molar-refractivity contribution in [1.82, 2.24) is 9.97 Å². The molecule has 106 valence electrons. The average molecular weight is 293 g/mol. The molecule has 1 heterocycles. The van der Waals surface area contributed by atoms with Gasteiger partial charge in [-0.1, -0.05) is 17.7 Å². The van der Waals surface area contributed by atoms with E-state index in [2.05, 4.69) is 9.97 Å². The van der Waals surface area contributed by atoms with Crippen molar-refractivity contribution >= 4 is 11.6 Å². The second-order valence-corrected chi connectivity index (χ2v) is 5.00. The maximum Gasteiger partial charge on any atom is 0.216 e. The zero-order valence-electron chi connectivity index (χ0n) is 11.8. The first kappa shape index (κ1) is 14.6. The van der Waals surface area contributed by atoms with Gasteiger partial charge in [-0.15, -0.1) is 11.6 Å². The van der Waals surface area contributed by atoms with Crippen LogP contribution in [0.15, 0.2) is 30.6 Å². The van der Waals surface area contributed by atoms with Crippen molar-refractivity contribution in [2.75, 3.05) is 14.2 Å². The average Bonchev–Trinajstić information content (AvgIpc) is 2.47. The number of aromatic nitrogens is 2. The third-order valence-electron chi connectivity index (χ3n) is 3.02. The van der Waals surface area contributed by atoms with Gasteiger partial charge in [-0.3, -0.25) is 0 Å². The van der Waals surface area contributed by atoms with Crippen LogP contribution in [-0.4, -0.2) is 24.2 Å². The van der Waals surface area contributed by atoms with E-state index in [0.717, 1.165) is 22.6 Å². The predicted molar refractivity (Wildman–Crippen MR) is 78.6 cm³/mol. The van der Waals surface area contributed by atoms with Gasteiger partial charge in [0, 0.05) is 23.7 Å². The Kier molecular flexibility index (Phi) is 4.79. The Bertz CT molecular complexity index is 590. The summed E-state index contributed by atoms with van der Waals surface area (Å²) < 4.78 is 10.4. The first-order valence-corrected chi connectivity index (χ1v) is 6.71. The topological polar surface area (TPSA) is 44.2 Å². The van der Waals surface area contributed by atoms with Crippen LogP contribution < -0.4 is 9.47 Å². The lowest BCUT2D eigenvalue weighted by molar-refractivity contribution is 0.395. The largest absolute Gasteiger partial charge is 0.496 e. The smallest absolute Gasteiger partial charge is 0.216 e. The molecule has 1 unspecified atom stereocenters. The highest BCUT2D eigenvalue weighted by Crippen LogP contribution is 2.33. The summed E-state index contributed by atoms with van der Waals surface area (Å²) in [6.45, 7) is 2.03. The molecule has 2 aromatic rings. The molecule has 0 saturated heterocycles. The van der Waals surface area contributed by atoms with Gasteiger partial charge in [0.25, 0.3) is 0 Å². The van der Waals surface area contributed by atoms with E-state index >= 15 is 0 Å². The molecular weight excluding hydrogens is 276 g/mol. The Hall–Kier alpha value is -1.81. The fourth-order valence-corrected chi connectivity index (χ4v) is 2.32. The first-order chi connectivity index (χ1) is 9.63. The van der Waals surface area contributed by atoms with Crippen LogP contribution in [0, 0.1) is 6.92 Å². The van der Waals surface area contributed by atoms with Gasteiger partial charge in [0.1, 0.15) is 12.1 Å². The Labute approximate surface area is 123 Å². The van der Waals surface area contributed by atoms with Gasteiger partial charge in [-0.05, 0) is 13.0 Å². The molecule has 0 bridgehead atoms. The number of hydrogen-bond acceptors (Lipinski definition) is 4. The van der Waals surface area contributed by atoms with E-state index in [9.17, 15) is 0 Å². The Morgan fingerprint density at radius 1 is 1.15 bits per heavy atom. The van der Waals surface area contributed by atoms with Crippen molar-refractivity contribution in [1.29, 1.82) is 0 Å². The van der Waals surface area contributed by atoms with E-state index in [1.54, 1.807) is 20.3 Å². The minimum Gasteiger partial charge on any atom is -0.496 e. The van der Waals surface area contributed by atoms with Crippen LogP contribution in [0.3, 0.4) is 0 Å². The zero-order chi connectivity index (χ0) is 14.5. The molecule has 0 radical (unpaired) electrons. The van der Waals surface area contributed by atoms with Crippen LogP contribution in [0.5, 0.6) is 11.6 Å². The molecule has 0 fully saturated rings. The number of aryl methyl sites for hydroxylation is 1. The van der Waals surface area contributed by atoms with E-state index in [1.807, 2.05) is 25.1 Å². The highest BCUT2D eigenvalue weighted by molar-refractivity contribution is 6.21. The van der Waals surface area contributed by atoms with E-state index in [4.69, 9.17) is 21.1 Å². The van der Waals surface area contributed by atoms with Crippen molar-refractivity contribution in [2.24, 2.45) is 0 Å². The third-order valence-corrected chi connectivity index (χ3v) is 3.41. The lowest BCUT2D eigenvalue weighted by atomic mass is 10.0. The number of halogens is 1. The van der Waals surface area contributed by atoms with Crippen molar-refractivity contribution in [3.63, 3.8) is 0 Å². The molecule has 0 saturated carbocycles. The van der Waals surface area contributed by atoms with Crippen LogP contribution in [0.1, 0.15) is 22.2 Å². The van der Waals surface area contributed by atoms with Gasteiger partial charge < -0.3 is 9.47 Å². The molecule has 5 heteroatoms. The standard InChI is InChI=1S/C15H17ClN2O2/c1-10-4-5-14(19-2)12(6-10)13(16)7-11-8-15(20-3)18-9-17-11/h4-6,8-9,13H,7H2,1-3H3. The maximum atomic E-state index is 6.51. The van der Waals surface area contributed by atoms with Gasteiger partial charge in [-0.25, -0.2) is 9.97 Å². The molecule has 0 spiro atoms. The number of ether oxygens (including phenoxy) is 2. The highest BCUT2D eigenvalue weighted by Gasteiger charge is 2.15. The summed E-state index contributed by atoms with van der Waals surface area (Å²) in [5, 5.41) is -0.218. The van der Waals surface area contributed by atoms with Gasteiger partial charge in [0.05, 0.1) is 19.6 Å². The van der Waals surface area contributed by atoms with Crippen LogP contribution in [0.4, 0.5) is 0 Å². The molecule has 0 aliphatic rings. The SMILES string of the molecule is COc1cc(CC(Cl)c2cc(C)ccc2OC)ncn1. The molecule has 20 heavy (non-hydrogen) atoms. The lowest BCUT2D eigenvalue weighted by Crippen LogP contribution is -2.02. The summed E-state index contributed by atoms with van der Waals surface area (Å²) >= 11 is 6.51. The minimum absolute atomic E-state index is 0.218. The van der Waals surface area contributed by atoms with Crippen molar-refractivity contribution in [2.45, 2.75) is 18.7 Å². The van der Waals surface area contributed by atoms with Gasteiger partial charge >= 0.3 is 0 Å². The van der Waals surface area contributed by atoms with Crippen LogP contribution in [0.25, 0.3) is 0 Å². The second-order valence-electron chi connectivity index (χ2n) is 4.47. The van der Waals surface area contributed by atoms with Gasteiger partial charge in [0.15, 0.2) is 0 Å². The number of alkyl halides is 1. The quantitative estimate of drug-likeness (QED) is 0.793. The number of hydrogen-bond donors (Lipinski definition) is 0. The molecule has 0 N–H and O–H groups in total. The summed E-state index contributed by atoms with van der Waals surface area (Å²) in [6.07, 6.45) is 2.06. The number of benzene rings is 1. The first-order valence-electron chi connectivity index (χ1n) is 6.27. The third kappa shape index (κ3) is 3.39. The normalized spacial score (nSPS) is 12.0. The van der Waals surface area contributed by atoms with Crippen LogP contribution >= 0.6 is 11.6 Å². The van der Waals surface area contributed by atoms with Crippen molar-refractivity contribution < 1.29 is 9.47 Å². The van der Waals surface area contributed by atoms with Crippen LogP contribution in [0.2, 0.25) is 0 Å². The van der Waals surface area contributed by atoms with E-state index in [0.29, 0.717) is 12.3 Å². The predicted octanol–water partition coefficient (Wildman–Crippen LogP) is 3.32. The monoisotopic (exact) mass is 292 g/mol. The summed E-state index contributed by atoms with van der Waals surface area (Å²) in [6, 6.07) is 7.76. The number of methoxy groups -OCH3 is 2. The van der Waals surface area contributed by atoms with Gasteiger partial charge in [0.2, 0.25) is 5.88 Å². The van der Waals surface area contributed by atoms with Crippen molar-refractivity contribution in [3.05, 3.63) is 47.4 Å². The van der Waals surface area contributed by atoms with Crippen LogP contribution in [-0.2, 0) is 6.42 Å². The number of rotatable bonds is 5. The lowest BCUT2D eigenvalue weighted by Gasteiger charge is -2.14. The fourth-order valence-electron chi connectivity index (χ4n) is 1.99. The molecule has 1 aromatic carbocycles. The second kappa shape index (κ2) is 6.57. The summed E-state index contributed by atoms with van der Waals surface area (Å²) in [7, 11) is 3.22. The van der Waals surface area contributed by atoms with E-state index in [-0.39, 0.29) is 5.38 Å². The molecule has 4 nitrogen and oxygen atoms in total. The summed E-state index contributed by atoms with van der Waals surface area (Å²) in [4.78, 5) is 8.20.